The van der Waals surface area contributed by atoms with Gasteiger partial charge < -0.3 is 15.3 Å². The molecule has 0 atom stereocenters. The minimum atomic E-state index is -4.20. The standard InChI is InChI=1S/C18H16O8S/c1-9(19)15-7-11(3-5-13(15)17(21)22)27(25,26)12-4-6-14(18(23)24)16(8-12)10(2)20/h3-8,17,21-22H,1-2H3,(H,23,24). The van der Waals surface area contributed by atoms with Crippen molar-refractivity contribution in [3.8, 4) is 0 Å². The maximum Gasteiger partial charge on any atom is 0.336 e. The molecule has 9 heteroatoms. The number of ketones is 2. The molecular weight excluding hydrogens is 376 g/mol. The lowest BCUT2D eigenvalue weighted by molar-refractivity contribution is -0.0429. The van der Waals surface area contributed by atoms with Gasteiger partial charge in [-0.05, 0) is 44.2 Å². The molecular formula is C18H16O8S. The Hall–Kier alpha value is -2.88. The van der Waals surface area contributed by atoms with E-state index in [1.54, 1.807) is 0 Å². The van der Waals surface area contributed by atoms with Gasteiger partial charge in [-0.25, -0.2) is 13.2 Å². The lowest BCUT2D eigenvalue weighted by Gasteiger charge is -2.12. The number of aliphatic hydroxyl groups excluding tert-OH is 1. The minimum absolute atomic E-state index is 0.146. The Labute approximate surface area is 154 Å². The van der Waals surface area contributed by atoms with Gasteiger partial charge in [-0.15, -0.1) is 0 Å². The molecule has 0 aliphatic rings. The van der Waals surface area contributed by atoms with Crippen molar-refractivity contribution in [3.63, 3.8) is 0 Å². The Kier molecular flexibility index (Phi) is 5.59. The zero-order valence-electron chi connectivity index (χ0n) is 14.3. The summed E-state index contributed by atoms with van der Waals surface area (Å²) in [6.45, 7) is 2.26. The molecule has 0 aliphatic heterocycles. The Balaban J connectivity index is 2.68. The van der Waals surface area contributed by atoms with E-state index in [0.29, 0.717) is 0 Å². The molecule has 0 saturated heterocycles. The maximum absolute atomic E-state index is 12.9. The molecule has 27 heavy (non-hydrogen) atoms. The fraction of sp³-hybridized carbons (Fsp3) is 0.167. The normalized spacial score (nSPS) is 11.4. The van der Waals surface area contributed by atoms with Crippen molar-refractivity contribution >= 4 is 27.4 Å². The van der Waals surface area contributed by atoms with Gasteiger partial charge in [0.25, 0.3) is 0 Å². The summed E-state index contributed by atoms with van der Waals surface area (Å²) in [6, 6.07) is 6.23. The molecule has 2 rings (SSSR count). The van der Waals surface area contributed by atoms with Crippen molar-refractivity contribution in [2.75, 3.05) is 0 Å². The predicted octanol–water partition coefficient (Wildman–Crippen LogP) is 1.61. The molecule has 0 unspecified atom stereocenters. The zero-order chi connectivity index (χ0) is 20.5. The van der Waals surface area contributed by atoms with Crippen LogP contribution in [0.3, 0.4) is 0 Å². The van der Waals surface area contributed by atoms with Gasteiger partial charge in [-0.3, -0.25) is 9.59 Å². The Morgan fingerprint density at radius 1 is 0.815 bits per heavy atom. The second-order valence-electron chi connectivity index (χ2n) is 5.75. The van der Waals surface area contributed by atoms with Crippen LogP contribution in [0.15, 0.2) is 46.2 Å². The summed E-state index contributed by atoms with van der Waals surface area (Å²) in [5, 5.41) is 27.7. The second-order valence-corrected chi connectivity index (χ2v) is 7.70. The number of carboxylic acid groups (broad SMARTS) is 1. The van der Waals surface area contributed by atoms with E-state index in [-0.39, 0.29) is 32.0 Å². The van der Waals surface area contributed by atoms with Crippen LogP contribution < -0.4 is 0 Å². The van der Waals surface area contributed by atoms with Gasteiger partial charge in [0.2, 0.25) is 9.84 Å². The molecule has 0 radical (unpaired) electrons. The maximum atomic E-state index is 12.9. The van der Waals surface area contributed by atoms with Gasteiger partial charge in [0.05, 0.1) is 15.4 Å². The van der Waals surface area contributed by atoms with Crippen LogP contribution in [0.4, 0.5) is 0 Å². The summed E-state index contributed by atoms with van der Waals surface area (Å²) in [6.07, 6.45) is -1.96. The van der Waals surface area contributed by atoms with Crippen molar-refractivity contribution in [2.45, 2.75) is 29.9 Å². The quantitative estimate of drug-likeness (QED) is 0.496. The van der Waals surface area contributed by atoms with Gasteiger partial charge in [-0.2, -0.15) is 0 Å². The number of benzene rings is 2. The first kappa shape index (κ1) is 20.4. The van der Waals surface area contributed by atoms with Crippen LogP contribution in [0.2, 0.25) is 0 Å². The van der Waals surface area contributed by atoms with Crippen LogP contribution >= 0.6 is 0 Å². The molecule has 0 spiro atoms. The van der Waals surface area contributed by atoms with E-state index in [9.17, 15) is 33.0 Å². The Bertz CT molecular complexity index is 1050. The first-order chi connectivity index (χ1) is 12.5. The van der Waals surface area contributed by atoms with Crippen LogP contribution in [0, 0.1) is 0 Å². The summed E-state index contributed by atoms with van der Waals surface area (Å²) in [5.74, 6) is -2.56. The third kappa shape index (κ3) is 3.95. The summed E-state index contributed by atoms with van der Waals surface area (Å²) >= 11 is 0. The van der Waals surface area contributed by atoms with E-state index in [0.717, 1.165) is 50.2 Å². The van der Waals surface area contributed by atoms with Gasteiger partial charge in [0.15, 0.2) is 17.9 Å². The highest BCUT2D eigenvalue weighted by molar-refractivity contribution is 7.91. The number of hydrogen-bond donors (Lipinski definition) is 3. The van der Waals surface area contributed by atoms with E-state index in [2.05, 4.69) is 0 Å². The van der Waals surface area contributed by atoms with Crippen molar-refractivity contribution < 1.29 is 38.1 Å². The van der Waals surface area contributed by atoms with E-state index >= 15 is 0 Å². The number of carbonyl (C=O) groups is 3. The number of hydrogen-bond acceptors (Lipinski definition) is 7. The summed E-state index contributed by atoms with van der Waals surface area (Å²) in [4.78, 5) is 34.0. The number of aromatic carboxylic acids is 1. The Morgan fingerprint density at radius 2 is 1.30 bits per heavy atom. The topological polar surface area (TPSA) is 146 Å². The van der Waals surface area contributed by atoms with Crippen LogP contribution in [-0.4, -0.2) is 41.3 Å². The SMILES string of the molecule is CC(=O)c1cc(S(=O)(=O)c2ccc(C(O)O)c(C(C)=O)c2)ccc1C(=O)O. The van der Waals surface area contributed by atoms with Crippen LogP contribution in [0.1, 0.15) is 56.8 Å². The number of Topliss-reactive ketones (excluding diaryl/α,β-unsaturated/α-hetero) is 2. The number of aliphatic hydroxyl groups is 2. The fourth-order valence-electron chi connectivity index (χ4n) is 2.54. The molecule has 142 valence electrons. The third-order valence-electron chi connectivity index (χ3n) is 3.90. The monoisotopic (exact) mass is 392 g/mol. The molecule has 0 heterocycles. The van der Waals surface area contributed by atoms with Crippen molar-refractivity contribution in [1.29, 1.82) is 0 Å². The summed E-state index contributed by atoms with van der Waals surface area (Å²) in [7, 11) is -4.20. The highest BCUT2D eigenvalue weighted by Crippen LogP contribution is 2.27. The van der Waals surface area contributed by atoms with Crippen LogP contribution in [0.5, 0.6) is 0 Å². The fourth-order valence-corrected chi connectivity index (χ4v) is 3.85. The minimum Gasteiger partial charge on any atom is -0.478 e. The molecule has 8 nitrogen and oxygen atoms in total. The number of sulfone groups is 1. The molecule has 2 aromatic carbocycles. The van der Waals surface area contributed by atoms with Gasteiger partial charge in [0, 0.05) is 16.7 Å². The van der Waals surface area contributed by atoms with E-state index < -0.39 is 33.7 Å². The first-order valence-corrected chi connectivity index (χ1v) is 9.09. The predicted molar refractivity (Wildman–Crippen MR) is 92.5 cm³/mol. The summed E-state index contributed by atoms with van der Waals surface area (Å²) in [5.41, 5.74) is -0.922. The van der Waals surface area contributed by atoms with Crippen LogP contribution in [-0.2, 0) is 9.84 Å². The lowest BCUT2D eigenvalue weighted by Crippen LogP contribution is -2.11. The molecule has 0 amide bonds. The van der Waals surface area contributed by atoms with E-state index in [1.807, 2.05) is 0 Å². The second kappa shape index (κ2) is 7.39. The van der Waals surface area contributed by atoms with E-state index in [4.69, 9.17) is 5.11 Å². The highest BCUT2D eigenvalue weighted by atomic mass is 32.2. The molecule has 2 aromatic rings. The third-order valence-corrected chi connectivity index (χ3v) is 5.65. The molecule has 0 bridgehead atoms. The average Bonchev–Trinajstić information content (AvgIpc) is 2.60. The number of carbonyl (C=O) groups excluding carboxylic acids is 2. The highest BCUT2D eigenvalue weighted by Gasteiger charge is 2.24. The Morgan fingerprint density at radius 3 is 1.74 bits per heavy atom. The smallest absolute Gasteiger partial charge is 0.336 e. The van der Waals surface area contributed by atoms with Crippen LogP contribution in [0.25, 0.3) is 0 Å². The van der Waals surface area contributed by atoms with Gasteiger partial charge in [-0.1, -0.05) is 6.07 Å². The molecule has 0 aliphatic carbocycles. The largest absolute Gasteiger partial charge is 0.478 e. The lowest BCUT2D eigenvalue weighted by atomic mass is 10.0. The molecule has 0 fully saturated rings. The first-order valence-electron chi connectivity index (χ1n) is 7.61. The summed E-state index contributed by atoms with van der Waals surface area (Å²) < 4.78 is 25.7. The zero-order valence-corrected chi connectivity index (χ0v) is 15.1. The number of carboxylic acids is 1. The van der Waals surface area contributed by atoms with Gasteiger partial charge in [0.1, 0.15) is 0 Å². The van der Waals surface area contributed by atoms with Crippen molar-refractivity contribution in [3.05, 3.63) is 58.7 Å². The van der Waals surface area contributed by atoms with Crippen molar-refractivity contribution in [2.24, 2.45) is 0 Å². The molecule has 3 N–H and O–H groups in total. The molecule has 0 aromatic heterocycles. The number of rotatable bonds is 6. The van der Waals surface area contributed by atoms with E-state index in [1.165, 1.54) is 0 Å². The van der Waals surface area contributed by atoms with Crippen molar-refractivity contribution in [1.82, 2.24) is 0 Å². The average molecular weight is 392 g/mol. The molecule has 0 saturated carbocycles. The van der Waals surface area contributed by atoms with Gasteiger partial charge >= 0.3 is 5.97 Å².